The molecule has 2 aromatic carbocycles. The van der Waals surface area contributed by atoms with Gasteiger partial charge in [-0.2, -0.15) is 0 Å². The summed E-state index contributed by atoms with van der Waals surface area (Å²) in [6, 6.07) is 14.8. The molecule has 0 atom stereocenters. The van der Waals surface area contributed by atoms with Crippen LogP contribution in [0.15, 0.2) is 49.0 Å². The van der Waals surface area contributed by atoms with E-state index in [0.717, 1.165) is 17.8 Å². The van der Waals surface area contributed by atoms with Crippen molar-refractivity contribution in [3.8, 4) is 0 Å². The SMILES string of the molecule is C=C(Nc1ccc(CC)cc1)c1c(C)cccc1C. The van der Waals surface area contributed by atoms with Gasteiger partial charge in [0, 0.05) is 16.9 Å². The van der Waals surface area contributed by atoms with Crippen molar-refractivity contribution in [3.05, 3.63) is 71.3 Å². The molecule has 0 unspecified atom stereocenters. The highest BCUT2D eigenvalue weighted by molar-refractivity contribution is 5.78. The van der Waals surface area contributed by atoms with E-state index in [1.165, 1.54) is 22.3 Å². The van der Waals surface area contributed by atoms with Crippen molar-refractivity contribution >= 4 is 11.4 Å². The standard InChI is InChI=1S/C18H21N/c1-5-16-9-11-17(12-10-16)19-15(4)18-13(2)7-6-8-14(18)3/h6-12,19H,4-5H2,1-3H3. The van der Waals surface area contributed by atoms with Crippen LogP contribution in [0.25, 0.3) is 5.70 Å². The average molecular weight is 251 g/mol. The second-order valence-electron chi connectivity index (χ2n) is 4.92. The molecule has 1 nitrogen and oxygen atoms in total. The van der Waals surface area contributed by atoms with Crippen LogP contribution in [-0.2, 0) is 6.42 Å². The fourth-order valence-electron chi connectivity index (χ4n) is 2.35. The fourth-order valence-corrected chi connectivity index (χ4v) is 2.35. The summed E-state index contributed by atoms with van der Waals surface area (Å²) in [6.45, 7) is 10.6. The van der Waals surface area contributed by atoms with Gasteiger partial charge in [0.1, 0.15) is 0 Å². The topological polar surface area (TPSA) is 12.0 Å². The Kier molecular flexibility index (Phi) is 4.06. The van der Waals surface area contributed by atoms with Gasteiger partial charge in [-0.25, -0.2) is 0 Å². The maximum atomic E-state index is 4.17. The van der Waals surface area contributed by atoms with Crippen LogP contribution >= 0.6 is 0 Å². The van der Waals surface area contributed by atoms with Crippen molar-refractivity contribution < 1.29 is 0 Å². The number of benzene rings is 2. The monoisotopic (exact) mass is 251 g/mol. The molecule has 0 radical (unpaired) electrons. The average Bonchev–Trinajstić information content (AvgIpc) is 2.39. The van der Waals surface area contributed by atoms with Crippen LogP contribution in [0.1, 0.15) is 29.2 Å². The van der Waals surface area contributed by atoms with E-state index in [4.69, 9.17) is 0 Å². The van der Waals surface area contributed by atoms with Crippen molar-refractivity contribution in [1.29, 1.82) is 0 Å². The van der Waals surface area contributed by atoms with Crippen molar-refractivity contribution in [3.63, 3.8) is 0 Å². The third kappa shape index (κ3) is 3.05. The van der Waals surface area contributed by atoms with Gasteiger partial charge in [0.25, 0.3) is 0 Å². The van der Waals surface area contributed by atoms with Crippen molar-refractivity contribution in [2.75, 3.05) is 5.32 Å². The Labute approximate surface area is 116 Å². The van der Waals surface area contributed by atoms with E-state index in [-0.39, 0.29) is 0 Å². The van der Waals surface area contributed by atoms with Gasteiger partial charge < -0.3 is 5.32 Å². The van der Waals surface area contributed by atoms with Crippen molar-refractivity contribution in [2.24, 2.45) is 0 Å². The summed E-state index contributed by atoms with van der Waals surface area (Å²) >= 11 is 0. The minimum Gasteiger partial charge on any atom is -0.356 e. The second-order valence-corrected chi connectivity index (χ2v) is 4.92. The maximum Gasteiger partial charge on any atom is 0.0390 e. The predicted octanol–water partition coefficient (Wildman–Crippen LogP) is 4.95. The van der Waals surface area contributed by atoms with Gasteiger partial charge in [-0.15, -0.1) is 0 Å². The summed E-state index contributed by atoms with van der Waals surface area (Å²) in [5.74, 6) is 0. The zero-order valence-electron chi connectivity index (χ0n) is 12.0. The van der Waals surface area contributed by atoms with E-state index >= 15 is 0 Å². The Morgan fingerprint density at radius 2 is 1.58 bits per heavy atom. The number of hydrogen-bond donors (Lipinski definition) is 1. The van der Waals surface area contributed by atoms with E-state index in [0.29, 0.717) is 0 Å². The lowest BCUT2D eigenvalue weighted by atomic mass is 10.0. The van der Waals surface area contributed by atoms with Gasteiger partial charge in [0.15, 0.2) is 0 Å². The molecular weight excluding hydrogens is 230 g/mol. The zero-order chi connectivity index (χ0) is 13.8. The first-order chi connectivity index (χ1) is 9.11. The van der Waals surface area contributed by atoms with E-state index < -0.39 is 0 Å². The van der Waals surface area contributed by atoms with E-state index in [1.54, 1.807) is 0 Å². The van der Waals surface area contributed by atoms with Gasteiger partial charge in [0.2, 0.25) is 0 Å². The first kappa shape index (κ1) is 13.4. The van der Waals surface area contributed by atoms with Crippen LogP contribution in [0, 0.1) is 13.8 Å². The molecule has 1 N–H and O–H groups in total. The maximum absolute atomic E-state index is 4.17. The highest BCUT2D eigenvalue weighted by Gasteiger charge is 2.06. The Balaban J connectivity index is 2.21. The zero-order valence-corrected chi connectivity index (χ0v) is 12.0. The Morgan fingerprint density at radius 1 is 1.00 bits per heavy atom. The number of aryl methyl sites for hydroxylation is 3. The molecular formula is C18H21N. The van der Waals surface area contributed by atoms with Gasteiger partial charge in [-0.3, -0.25) is 0 Å². The van der Waals surface area contributed by atoms with Gasteiger partial charge in [-0.05, 0) is 49.1 Å². The summed E-state index contributed by atoms with van der Waals surface area (Å²) in [7, 11) is 0. The lowest BCUT2D eigenvalue weighted by molar-refractivity contribution is 1.14. The Bertz CT molecular complexity index is 559. The Morgan fingerprint density at radius 3 is 2.11 bits per heavy atom. The summed E-state index contributed by atoms with van der Waals surface area (Å²) in [6.07, 6.45) is 1.07. The normalized spacial score (nSPS) is 10.3. The fraction of sp³-hybridized carbons (Fsp3) is 0.222. The number of rotatable bonds is 4. The number of anilines is 1. The summed E-state index contributed by atoms with van der Waals surface area (Å²) in [5, 5.41) is 3.40. The molecule has 98 valence electrons. The van der Waals surface area contributed by atoms with Crippen LogP contribution in [0.3, 0.4) is 0 Å². The minimum atomic E-state index is 0.958. The lowest BCUT2D eigenvalue weighted by Gasteiger charge is -2.15. The molecule has 0 saturated carbocycles. The third-order valence-corrected chi connectivity index (χ3v) is 3.44. The smallest absolute Gasteiger partial charge is 0.0390 e. The number of hydrogen-bond acceptors (Lipinski definition) is 1. The van der Waals surface area contributed by atoms with Crippen LogP contribution in [-0.4, -0.2) is 0 Å². The molecule has 0 aliphatic carbocycles. The molecule has 19 heavy (non-hydrogen) atoms. The molecule has 0 saturated heterocycles. The summed E-state index contributed by atoms with van der Waals surface area (Å²) < 4.78 is 0. The van der Waals surface area contributed by atoms with E-state index in [9.17, 15) is 0 Å². The van der Waals surface area contributed by atoms with Crippen LogP contribution in [0.4, 0.5) is 5.69 Å². The highest BCUT2D eigenvalue weighted by Crippen LogP contribution is 2.23. The molecule has 0 amide bonds. The molecule has 0 spiro atoms. The highest BCUT2D eigenvalue weighted by atomic mass is 14.9. The quantitative estimate of drug-likeness (QED) is 0.810. The van der Waals surface area contributed by atoms with Crippen LogP contribution < -0.4 is 5.32 Å². The first-order valence-corrected chi connectivity index (χ1v) is 6.73. The third-order valence-electron chi connectivity index (χ3n) is 3.44. The molecule has 2 rings (SSSR count). The summed E-state index contributed by atoms with van der Waals surface area (Å²) in [5.41, 5.74) is 7.11. The molecule has 0 aliphatic rings. The van der Waals surface area contributed by atoms with Gasteiger partial charge in [-0.1, -0.05) is 43.8 Å². The molecule has 2 aromatic rings. The van der Waals surface area contributed by atoms with Gasteiger partial charge in [0.05, 0.1) is 0 Å². The number of nitrogens with one attached hydrogen (secondary N) is 1. The molecule has 0 heterocycles. The molecule has 0 fully saturated rings. The second kappa shape index (κ2) is 5.75. The molecule has 0 bridgehead atoms. The van der Waals surface area contributed by atoms with Gasteiger partial charge >= 0.3 is 0 Å². The minimum absolute atomic E-state index is 0.958. The molecule has 0 aliphatic heterocycles. The predicted molar refractivity (Wildman–Crippen MR) is 84.4 cm³/mol. The van der Waals surface area contributed by atoms with Crippen molar-refractivity contribution in [1.82, 2.24) is 0 Å². The molecule has 1 heteroatoms. The van der Waals surface area contributed by atoms with E-state index in [2.05, 4.69) is 75.1 Å². The van der Waals surface area contributed by atoms with Crippen molar-refractivity contribution in [2.45, 2.75) is 27.2 Å². The van der Waals surface area contributed by atoms with Crippen LogP contribution in [0.5, 0.6) is 0 Å². The first-order valence-electron chi connectivity index (χ1n) is 6.73. The molecule has 0 aromatic heterocycles. The largest absolute Gasteiger partial charge is 0.356 e. The lowest BCUT2D eigenvalue weighted by Crippen LogP contribution is -2.01. The summed E-state index contributed by atoms with van der Waals surface area (Å²) in [4.78, 5) is 0. The Hall–Kier alpha value is -2.02. The van der Waals surface area contributed by atoms with E-state index in [1.807, 2.05) is 0 Å². The van der Waals surface area contributed by atoms with Crippen LogP contribution in [0.2, 0.25) is 0 Å².